The molecule has 0 aliphatic heterocycles. The molecule has 2 rings (SSSR count). The number of ether oxygens (including phenoxy) is 1. The third-order valence-electron chi connectivity index (χ3n) is 2.77. The van der Waals surface area contributed by atoms with Crippen LogP contribution in [0.1, 0.15) is 10.4 Å². The second-order valence-corrected chi connectivity index (χ2v) is 4.58. The van der Waals surface area contributed by atoms with Gasteiger partial charge in [0.05, 0.1) is 12.7 Å². The highest BCUT2D eigenvalue weighted by Crippen LogP contribution is 2.22. The van der Waals surface area contributed by atoms with Crippen LogP contribution in [-0.4, -0.2) is 18.2 Å². The number of esters is 1. The average molecular weight is 286 g/mol. The lowest BCUT2D eigenvalue weighted by molar-refractivity contribution is 0.0601. The highest BCUT2D eigenvalue weighted by molar-refractivity contribution is 7.80. The van der Waals surface area contributed by atoms with Crippen molar-refractivity contribution in [3.8, 4) is 11.1 Å². The van der Waals surface area contributed by atoms with E-state index in [0.29, 0.717) is 5.56 Å². The molecule has 2 aromatic rings. The van der Waals surface area contributed by atoms with Crippen molar-refractivity contribution in [2.45, 2.75) is 0 Å². The Morgan fingerprint density at radius 1 is 1.15 bits per heavy atom. The number of carbonyl (C=O) groups excluding carboxylic acids is 1. The minimum Gasteiger partial charge on any atom is -0.465 e. The standard InChI is InChI=1S/C15H14N2O2S/c1-19-14(18)12-4-2-3-11(9-12)10-5-7-13(8-6-10)17-15(16)20/h2-9H,1H3,(H3,16,17,20). The molecule has 3 N–H and O–H groups in total. The van der Waals surface area contributed by atoms with E-state index in [1.165, 1.54) is 7.11 Å². The maximum absolute atomic E-state index is 11.5. The summed E-state index contributed by atoms with van der Waals surface area (Å²) < 4.78 is 4.71. The second-order valence-electron chi connectivity index (χ2n) is 4.14. The van der Waals surface area contributed by atoms with Gasteiger partial charge in [-0.2, -0.15) is 0 Å². The number of anilines is 1. The number of nitrogens with one attached hydrogen (secondary N) is 1. The minimum atomic E-state index is -0.349. The van der Waals surface area contributed by atoms with Gasteiger partial charge in [0.1, 0.15) is 0 Å². The van der Waals surface area contributed by atoms with Gasteiger partial charge in [0, 0.05) is 5.69 Å². The topological polar surface area (TPSA) is 64.3 Å². The summed E-state index contributed by atoms with van der Waals surface area (Å²) >= 11 is 4.78. The number of methoxy groups -OCH3 is 1. The molecule has 0 aliphatic rings. The zero-order valence-corrected chi connectivity index (χ0v) is 11.7. The number of rotatable bonds is 3. The third kappa shape index (κ3) is 3.33. The molecule has 0 aromatic heterocycles. The lowest BCUT2D eigenvalue weighted by atomic mass is 10.0. The van der Waals surface area contributed by atoms with Crippen molar-refractivity contribution in [2.24, 2.45) is 5.73 Å². The van der Waals surface area contributed by atoms with Crippen LogP contribution in [0.5, 0.6) is 0 Å². The SMILES string of the molecule is COC(=O)c1cccc(-c2ccc(NC(N)=S)cc2)c1. The van der Waals surface area contributed by atoms with Crippen molar-refractivity contribution in [3.63, 3.8) is 0 Å². The summed E-state index contributed by atoms with van der Waals surface area (Å²) in [5.74, 6) is -0.349. The zero-order valence-electron chi connectivity index (χ0n) is 10.9. The minimum absolute atomic E-state index is 0.227. The Morgan fingerprint density at radius 2 is 1.85 bits per heavy atom. The molecule has 0 aliphatic carbocycles. The Labute approximate surface area is 122 Å². The van der Waals surface area contributed by atoms with Gasteiger partial charge in [-0.3, -0.25) is 0 Å². The van der Waals surface area contributed by atoms with Gasteiger partial charge in [-0.25, -0.2) is 4.79 Å². The molecule has 0 heterocycles. The Bertz CT molecular complexity index is 639. The number of thiocarbonyl (C=S) groups is 1. The third-order valence-corrected chi connectivity index (χ3v) is 2.87. The first kappa shape index (κ1) is 14.0. The van der Waals surface area contributed by atoms with Crippen molar-refractivity contribution in [1.29, 1.82) is 0 Å². The molecule has 0 saturated carbocycles. The van der Waals surface area contributed by atoms with Crippen LogP contribution >= 0.6 is 12.2 Å². The van der Waals surface area contributed by atoms with Crippen molar-refractivity contribution in [2.75, 3.05) is 12.4 Å². The predicted molar refractivity (Wildman–Crippen MR) is 83.6 cm³/mol. The smallest absolute Gasteiger partial charge is 0.337 e. The maximum Gasteiger partial charge on any atom is 0.337 e. The summed E-state index contributed by atoms with van der Waals surface area (Å²) in [4.78, 5) is 11.5. The predicted octanol–water partition coefficient (Wildman–Crippen LogP) is 2.80. The van der Waals surface area contributed by atoms with Crippen LogP contribution in [0.15, 0.2) is 48.5 Å². The normalized spacial score (nSPS) is 9.85. The highest BCUT2D eigenvalue weighted by Gasteiger charge is 2.06. The first-order chi connectivity index (χ1) is 9.60. The van der Waals surface area contributed by atoms with Gasteiger partial charge in [0.15, 0.2) is 5.11 Å². The maximum atomic E-state index is 11.5. The summed E-state index contributed by atoms with van der Waals surface area (Å²) in [6.07, 6.45) is 0. The van der Waals surface area contributed by atoms with Crippen LogP contribution in [0.25, 0.3) is 11.1 Å². The molecule has 2 aromatic carbocycles. The van der Waals surface area contributed by atoms with Crippen LogP contribution < -0.4 is 11.1 Å². The summed E-state index contributed by atoms with van der Waals surface area (Å²) in [6.45, 7) is 0. The zero-order chi connectivity index (χ0) is 14.5. The average Bonchev–Trinajstić information content (AvgIpc) is 2.47. The van der Waals surface area contributed by atoms with E-state index in [-0.39, 0.29) is 11.1 Å². The quantitative estimate of drug-likeness (QED) is 0.671. The largest absolute Gasteiger partial charge is 0.465 e. The molecule has 0 unspecified atom stereocenters. The van der Waals surface area contributed by atoms with E-state index in [2.05, 4.69) is 5.32 Å². The summed E-state index contributed by atoms with van der Waals surface area (Å²) in [6, 6.07) is 14.9. The molecule has 0 amide bonds. The molecule has 0 spiro atoms. The number of benzene rings is 2. The van der Waals surface area contributed by atoms with Crippen molar-refractivity contribution >= 4 is 29.0 Å². The number of nitrogens with two attached hydrogens (primary N) is 1. The summed E-state index contributed by atoms with van der Waals surface area (Å²) in [7, 11) is 1.37. The summed E-state index contributed by atoms with van der Waals surface area (Å²) in [5, 5.41) is 3.08. The van der Waals surface area contributed by atoms with Crippen LogP contribution in [0, 0.1) is 0 Å². The number of hydrogen-bond acceptors (Lipinski definition) is 3. The molecule has 0 atom stereocenters. The van der Waals surface area contributed by atoms with E-state index in [1.54, 1.807) is 12.1 Å². The summed E-state index contributed by atoms with van der Waals surface area (Å²) in [5.41, 5.74) is 8.69. The van der Waals surface area contributed by atoms with Gasteiger partial charge in [-0.05, 0) is 47.6 Å². The molecule has 4 nitrogen and oxygen atoms in total. The molecular formula is C15H14N2O2S. The van der Waals surface area contributed by atoms with Gasteiger partial charge in [0.2, 0.25) is 0 Å². The van der Waals surface area contributed by atoms with Crippen molar-refractivity contribution in [1.82, 2.24) is 0 Å². The molecule has 0 radical (unpaired) electrons. The Hall–Kier alpha value is -2.40. The van der Waals surface area contributed by atoms with Crippen molar-refractivity contribution in [3.05, 3.63) is 54.1 Å². The number of carbonyl (C=O) groups is 1. The van der Waals surface area contributed by atoms with E-state index in [4.69, 9.17) is 22.7 Å². The van der Waals surface area contributed by atoms with Crippen LogP contribution in [0.2, 0.25) is 0 Å². The van der Waals surface area contributed by atoms with E-state index >= 15 is 0 Å². The van der Waals surface area contributed by atoms with Gasteiger partial charge < -0.3 is 15.8 Å². The molecule has 20 heavy (non-hydrogen) atoms. The highest BCUT2D eigenvalue weighted by atomic mass is 32.1. The Kier molecular flexibility index (Phi) is 4.32. The monoisotopic (exact) mass is 286 g/mol. The molecule has 5 heteroatoms. The molecule has 102 valence electrons. The first-order valence-electron chi connectivity index (χ1n) is 5.95. The van der Waals surface area contributed by atoms with Crippen molar-refractivity contribution < 1.29 is 9.53 Å². The molecular weight excluding hydrogens is 272 g/mol. The van der Waals surface area contributed by atoms with E-state index in [1.807, 2.05) is 36.4 Å². The lowest BCUT2D eigenvalue weighted by Crippen LogP contribution is -2.18. The van der Waals surface area contributed by atoms with E-state index in [9.17, 15) is 4.79 Å². The van der Waals surface area contributed by atoms with Gasteiger partial charge in [-0.15, -0.1) is 0 Å². The first-order valence-corrected chi connectivity index (χ1v) is 6.36. The van der Waals surface area contributed by atoms with Crippen LogP contribution in [0.4, 0.5) is 5.69 Å². The molecule has 0 fully saturated rings. The van der Waals surface area contributed by atoms with Gasteiger partial charge >= 0.3 is 5.97 Å². The fraction of sp³-hybridized carbons (Fsp3) is 0.0667. The van der Waals surface area contributed by atoms with Gasteiger partial charge in [0.25, 0.3) is 0 Å². The number of hydrogen-bond donors (Lipinski definition) is 2. The van der Waals surface area contributed by atoms with E-state index in [0.717, 1.165) is 16.8 Å². The van der Waals surface area contributed by atoms with Crippen LogP contribution in [0.3, 0.4) is 0 Å². The van der Waals surface area contributed by atoms with Gasteiger partial charge in [-0.1, -0.05) is 24.3 Å². The fourth-order valence-corrected chi connectivity index (χ4v) is 1.95. The van der Waals surface area contributed by atoms with E-state index < -0.39 is 0 Å². The molecule has 0 saturated heterocycles. The lowest BCUT2D eigenvalue weighted by Gasteiger charge is -2.07. The fourth-order valence-electron chi connectivity index (χ4n) is 1.83. The second kappa shape index (κ2) is 6.16. The Morgan fingerprint density at radius 3 is 2.45 bits per heavy atom. The van der Waals surface area contributed by atoms with Crippen LogP contribution in [-0.2, 0) is 4.74 Å². The molecule has 0 bridgehead atoms. The Balaban J connectivity index is 2.27.